The summed E-state index contributed by atoms with van der Waals surface area (Å²) in [5.41, 5.74) is 2.57. The second-order valence-electron chi connectivity index (χ2n) is 6.34. The van der Waals surface area contributed by atoms with E-state index in [4.69, 9.17) is 14.2 Å². The molecule has 1 aliphatic rings. The van der Waals surface area contributed by atoms with Crippen molar-refractivity contribution in [3.05, 3.63) is 84.4 Å². The molecule has 1 atom stereocenters. The lowest BCUT2D eigenvalue weighted by molar-refractivity contribution is -0.153. The van der Waals surface area contributed by atoms with Crippen LogP contribution in [0.15, 0.2) is 78.9 Å². The third-order valence-corrected chi connectivity index (χ3v) is 4.43. The highest BCUT2D eigenvalue weighted by Gasteiger charge is 2.29. The number of hydrogen-bond donors (Lipinski definition) is 0. The number of benzene rings is 3. The lowest BCUT2D eigenvalue weighted by atomic mass is 10.0. The molecule has 0 aliphatic carbocycles. The molecule has 0 amide bonds. The minimum absolute atomic E-state index is 0.0514. The molecule has 5 nitrogen and oxygen atoms in total. The van der Waals surface area contributed by atoms with Gasteiger partial charge in [0.2, 0.25) is 6.10 Å². The molecule has 0 fully saturated rings. The quantitative estimate of drug-likeness (QED) is 0.500. The van der Waals surface area contributed by atoms with Gasteiger partial charge in [-0.15, -0.1) is 0 Å². The van der Waals surface area contributed by atoms with E-state index in [0.717, 1.165) is 11.1 Å². The molecule has 140 valence electrons. The van der Waals surface area contributed by atoms with Crippen LogP contribution in [0, 0.1) is 0 Å². The van der Waals surface area contributed by atoms with Crippen molar-refractivity contribution in [2.75, 3.05) is 13.2 Å². The van der Waals surface area contributed by atoms with Crippen LogP contribution in [-0.4, -0.2) is 31.1 Å². The molecular formula is C23H18O5. The fourth-order valence-corrected chi connectivity index (χ4v) is 2.93. The van der Waals surface area contributed by atoms with Gasteiger partial charge in [0.05, 0.1) is 0 Å². The molecule has 0 aromatic heterocycles. The van der Waals surface area contributed by atoms with Crippen molar-refractivity contribution in [1.29, 1.82) is 0 Å². The van der Waals surface area contributed by atoms with Crippen molar-refractivity contribution in [1.82, 2.24) is 0 Å². The SMILES string of the molecule is O=C(COC(=O)[C@@H]1COc2ccccc2O1)c1ccc(-c2ccccc2)cc1. The molecule has 1 aliphatic heterocycles. The van der Waals surface area contributed by atoms with Crippen LogP contribution in [0.2, 0.25) is 0 Å². The van der Waals surface area contributed by atoms with E-state index in [1.165, 1.54) is 0 Å². The number of carbonyl (C=O) groups is 2. The van der Waals surface area contributed by atoms with E-state index in [-0.39, 0.29) is 19.0 Å². The average molecular weight is 374 g/mol. The second-order valence-corrected chi connectivity index (χ2v) is 6.34. The number of Topliss-reactive ketones (excluding diaryl/α,β-unsaturated/α-hetero) is 1. The molecule has 0 bridgehead atoms. The highest BCUT2D eigenvalue weighted by atomic mass is 16.6. The van der Waals surface area contributed by atoms with Crippen LogP contribution in [0.4, 0.5) is 0 Å². The molecule has 4 rings (SSSR count). The Hall–Kier alpha value is -3.60. The van der Waals surface area contributed by atoms with Crippen molar-refractivity contribution in [3.63, 3.8) is 0 Å². The van der Waals surface area contributed by atoms with Gasteiger partial charge in [-0.3, -0.25) is 4.79 Å². The van der Waals surface area contributed by atoms with Gasteiger partial charge in [0.1, 0.15) is 6.61 Å². The van der Waals surface area contributed by atoms with Gasteiger partial charge in [0, 0.05) is 5.56 Å². The van der Waals surface area contributed by atoms with Crippen molar-refractivity contribution in [2.24, 2.45) is 0 Å². The van der Waals surface area contributed by atoms with Gasteiger partial charge < -0.3 is 14.2 Å². The van der Waals surface area contributed by atoms with Crippen molar-refractivity contribution < 1.29 is 23.8 Å². The average Bonchev–Trinajstić information content (AvgIpc) is 2.77. The lowest BCUT2D eigenvalue weighted by Crippen LogP contribution is -2.38. The van der Waals surface area contributed by atoms with E-state index in [1.807, 2.05) is 48.5 Å². The first-order valence-corrected chi connectivity index (χ1v) is 8.94. The zero-order valence-corrected chi connectivity index (χ0v) is 15.0. The minimum Gasteiger partial charge on any atom is -0.485 e. The Morgan fingerprint density at radius 3 is 2.21 bits per heavy atom. The molecule has 28 heavy (non-hydrogen) atoms. The normalized spacial score (nSPS) is 14.9. The molecule has 3 aromatic carbocycles. The van der Waals surface area contributed by atoms with Crippen LogP contribution in [0.5, 0.6) is 11.5 Å². The molecule has 5 heteroatoms. The molecule has 0 radical (unpaired) electrons. The molecule has 0 unspecified atom stereocenters. The van der Waals surface area contributed by atoms with E-state index in [0.29, 0.717) is 17.1 Å². The summed E-state index contributed by atoms with van der Waals surface area (Å²) in [6, 6.07) is 24.2. The van der Waals surface area contributed by atoms with Crippen LogP contribution in [0.3, 0.4) is 0 Å². The van der Waals surface area contributed by atoms with E-state index in [9.17, 15) is 9.59 Å². The Labute approximate surface area is 162 Å². The highest BCUT2D eigenvalue weighted by molar-refractivity contribution is 5.98. The Morgan fingerprint density at radius 2 is 1.46 bits per heavy atom. The van der Waals surface area contributed by atoms with Crippen LogP contribution in [0.1, 0.15) is 10.4 Å². The zero-order valence-electron chi connectivity index (χ0n) is 15.0. The standard InChI is InChI=1S/C23H18O5/c24-19(18-12-10-17(11-13-18)16-6-2-1-3-7-16)14-27-23(25)22-15-26-20-8-4-5-9-21(20)28-22/h1-13,22H,14-15H2/t22-/m0/s1. The van der Waals surface area contributed by atoms with Gasteiger partial charge >= 0.3 is 5.97 Å². The maximum absolute atomic E-state index is 12.3. The maximum Gasteiger partial charge on any atom is 0.351 e. The Morgan fingerprint density at radius 1 is 0.821 bits per heavy atom. The molecule has 0 saturated carbocycles. The predicted molar refractivity (Wildman–Crippen MR) is 104 cm³/mol. The monoisotopic (exact) mass is 374 g/mol. The molecular weight excluding hydrogens is 356 g/mol. The number of carbonyl (C=O) groups excluding carboxylic acids is 2. The number of esters is 1. The lowest BCUT2D eigenvalue weighted by Gasteiger charge is -2.24. The van der Waals surface area contributed by atoms with Gasteiger partial charge in [-0.1, -0.05) is 66.7 Å². The van der Waals surface area contributed by atoms with Gasteiger partial charge in [0.25, 0.3) is 0 Å². The van der Waals surface area contributed by atoms with E-state index < -0.39 is 12.1 Å². The largest absolute Gasteiger partial charge is 0.485 e. The number of hydrogen-bond acceptors (Lipinski definition) is 5. The second kappa shape index (κ2) is 7.96. The summed E-state index contributed by atoms with van der Waals surface area (Å²) >= 11 is 0. The maximum atomic E-state index is 12.3. The minimum atomic E-state index is -0.886. The first-order valence-electron chi connectivity index (χ1n) is 8.94. The number of fused-ring (bicyclic) bond motifs is 1. The highest BCUT2D eigenvalue weighted by Crippen LogP contribution is 2.31. The van der Waals surface area contributed by atoms with Crippen molar-refractivity contribution >= 4 is 11.8 Å². The number of para-hydroxylation sites is 2. The third kappa shape index (κ3) is 3.88. The van der Waals surface area contributed by atoms with Gasteiger partial charge in [-0.2, -0.15) is 0 Å². The fourth-order valence-electron chi connectivity index (χ4n) is 2.93. The zero-order chi connectivity index (χ0) is 19.3. The number of ketones is 1. The van der Waals surface area contributed by atoms with Crippen LogP contribution >= 0.6 is 0 Å². The predicted octanol–water partition coefficient (Wildman–Crippen LogP) is 3.92. The molecule has 3 aromatic rings. The molecule has 0 spiro atoms. The summed E-state index contributed by atoms with van der Waals surface area (Å²) in [5.74, 6) is 0.175. The molecule has 1 heterocycles. The van der Waals surface area contributed by atoms with E-state index in [2.05, 4.69) is 0 Å². The first-order chi connectivity index (χ1) is 13.7. The van der Waals surface area contributed by atoms with Crippen LogP contribution in [0.25, 0.3) is 11.1 Å². The Balaban J connectivity index is 1.34. The number of ether oxygens (including phenoxy) is 3. The molecule has 0 N–H and O–H groups in total. The Bertz CT molecular complexity index is 979. The summed E-state index contributed by atoms with van der Waals surface area (Å²) in [5, 5.41) is 0. The topological polar surface area (TPSA) is 61.8 Å². The van der Waals surface area contributed by atoms with Gasteiger partial charge in [-0.25, -0.2) is 4.79 Å². The fraction of sp³-hybridized carbons (Fsp3) is 0.130. The third-order valence-electron chi connectivity index (χ3n) is 4.43. The van der Waals surface area contributed by atoms with Gasteiger partial charge in [-0.05, 0) is 23.3 Å². The van der Waals surface area contributed by atoms with E-state index in [1.54, 1.807) is 30.3 Å². The van der Waals surface area contributed by atoms with Crippen molar-refractivity contribution in [2.45, 2.75) is 6.10 Å². The van der Waals surface area contributed by atoms with Crippen LogP contribution < -0.4 is 9.47 Å². The summed E-state index contributed by atoms with van der Waals surface area (Å²) < 4.78 is 16.2. The molecule has 0 saturated heterocycles. The summed E-state index contributed by atoms with van der Waals surface area (Å²) in [7, 11) is 0. The Kier molecular flexibility index (Phi) is 5.06. The summed E-state index contributed by atoms with van der Waals surface area (Å²) in [4.78, 5) is 24.5. The summed E-state index contributed by atoms with van der Waals surface area (Å²) in [6.07, 6.45) is -0.886. The first kappa shape index (κ1) is 17.8. The number of rotatable bonds is 5. The summed E-state index contributed by atoms with van der Waals surface area (Å²) in [6.45, 7) is -0.291. The van der Waals surface area contributed by atoms with Crippen molar-refractivity contribution in [3.8, 4) is 22.6 Å². The van der Waals surface area contributed by atoms with E-state index >= 15 is 0 Å². The van der Waals surface area contributed by atoms with Gasteiger partial charge in [0.15, 0.2) is 23.9 Å². The van der Waals surface area contributed by atoms with Crippen LogP contribution in [-0.2, 0) is 9.53 Å². The smallest absolute Gasteiger partial charge is 0.351 e.